The van der Waals surface area contributed by atoms with Crippen molar-refractivity contribution in [1.82, 2.24) is 5.32 Å². The minimum atomic E-state index is -0.442. The van der Waals surface area contributed by atoms with Gasteiger partial charge in [0.15, 0.2) is 0 Å². The van der Waals surface area contributed by atoms with Crippen LogP contribution in [-0.4, -0.2) is 25.0 Å². The van der Waals surface area contributed by atoms with Crippen molar-refractivity contribution in [3.63, 3.8) is 0 Å². The van der Waals surface area contributed by atoms with Crippen LogP contribution in [0.5, 0.6) is 11.5 Å². The van der Waals surface area contributed by atoms with E-state index in [1.165, 1.54) is 0 Å². The van der Waals surface area contributed by atoms with Crippen LogP contribution in [0.2, 0.25) is 0 Å². The standard InChI is InChI=1S/C28H31NO5/c1-3-29-28(31)24-16-15-23(33-20-21-11-7-5-8-12-21)19-26(24)34-25(17-18-27(30)32-4-2)22-13-9-6-10-14-22/h5-16,19,25H,3-4,17-18,20H2,1-2H3,(H,29,31). The van der Waals surface area contributed by atoms with Gasteiger partial charge in [-0.2, -0.15) is 0 Å². The van der Waals surface area contributed by atoms with Gasteiger partial charge in [0, 0.05) is 19.0 Å². The molecule has 34 heavy (non-hydrogen) atoms. The lowest BCUT2D eigenvalue weighted by Crippen LogP contribution is -2.24. The molecular formula is C28H31NO5. The fraction of sp³-hybridized carbons (Fsp3) is 0.286. The second-order valence-electron chi connectivity index (χ2n) is 7.65. The maximum atomic E-state index is 12.7. The predicted octanol–water partition coefficient (Wildman–Crippen LogP) is 5.48. The molecule has 6 nitrogen and oxygen atoms in total. The van der Waals surface area contributed by atoms with E-state index in [9.17, 15) is 9.59 Å². The molecule has 0 fully saturated rings. The van der Waals surface area contributed by atoms with Gasteiger partial charge in [0.25, 0.3) is 5.91 Å². The molecular weight excluding hydrogens is 430 g/mol. The number of carbonyl (C=O) groups excluding carboxylic acids is 2. The maximum Gasteiger partial charge on any atom is 0.305 e. The molecule has 3 aromatic rings. The lowest BCUT2D eigenvalue weighted by molar-refractivity contribution is -0.143. The first kappa shape index (κ1) is 24.8. The maximum absolute atomic E-state index is 12.7. The van der Waals surface area contributed by atoms with Crippen LogP contribution in [0, 0.1) is 0 Å². The molecule has 0 aliphatic heterocycles. The summed E-state index contributed by atoms with van der Waals surface area (Å²) in [5.74, 6) is 0.471. The molecule has 1 atom stereocenters. The Hall–Kier alpha value is -3.80. The minimum absolute atomic E-state index is 0.202. The Bertz CT molecular complexity index is 1050. The van der Waals surface area contributed by atoms with Gasteiger partial charge in [-0.15, -0.1) is 0 Å². The minimum Gasteiger partial charge on any atom is -0.489 e. The van der Waals surface area contributed by atoms with Crippen molar-refractivity contribution in [1.29, 1.82) is 0 Å². The Balaban J connectivity index is 1.86. The highest BCUT2D eigenvalue weighted by Crippen LogP contribution is 2.32. The van der Waals surface area contributed by atoms with Crippen LogP contribution in [-0.2, 0) is 16.1 Å². The summed E-state index contributed by atoms with van der Waals surface area (Å²) in [5, 5.41) is 2.83. The van der Waals surface area contributed by atoms with E-state index >= 15 is 0 Å². The summed E-state index contributed by atoms with van der Waals surface area (Å²) in [6.45, 7) is 4.86. The fourth-order valence-electron chi connectivity index (χ4n) is 3.47. The zero-order valence-electron chi connectivity index (χ0n) is 19.7. The quantitative estimate of drug-likeness (QED) is 0.362. The van der Waals surface area contributed by atoms with Crippen LogP contribution in [0.15, 0.2) is 78.9 Å². The summed E-state index contributed by atoms with van der Waals surface area (Å²) >= 11 is 0. The van der Waals surface area contributed by atoms with Gasteiger partial charge in [0.05, 0.1) is 12.2 Å². The van der Waals surface area contributed by atoms with Gasteiger partial charge in [-0.05, 0) is 43.5 Å². The fourth-order valence-corrected chi connectivity index (χ4v) is 3.47. The first-order valence-corrected chi connectivity index (χ1v) is 11.6. The Morgan fingerprint density at radius 1 is 0.912 bits per heavy atom. The van der Waals surface area contributed by atoms with E-state index in [1.807, 2.05) is 67.6 Å². The molecule has 0 aromatic heterocycles. The van der Waals surface area contributed by atoms with Crippen LogP contribution in [0.25, 0.3) is 0 Å². The highest BCUT2D eigenvalue weighted by molar-refractivity contribution is 5.97. The van der Waals surface area contributed by atoms with Crippen molar-refractivity contribution in [3.8, 4) is 11.5 Å². The summed E-state index contributed by atoms with van der Waals surface area (Å²) in [6, 6.07) is 24.7. The van der Waals surface area contributed by atoms with Crippen LogP contribution in [0.1, 0.15) is 54.3 Å². The number of carbonyl (C=O) groups is 2. The van der Waals surface area contributed by atoms with Crippen molar-refractivity contribution in [2.75, 3.05) is 13.2 Å². The molecule has 0 aliphatic rings. The molecule has 1 amide bonds. The lowest BCUT2D eigenvalue weighted by atomic mass is 10.0. The summed E-state index contributed by atoms with van der Waals surface area (Å²) in [5.41, 5.74) is 2.35. The normalized spacial score (nSPS) is 11.4. The average Bonchev–Trinajstić information content (AvgIpc) is 2.87. The van der Waals surface area contributed by atoms with Gasteiger partial charge >= 0.3 is 5.97 Å². The van der Waals surface area contributed by atoms with Gasteiger partial charge < -0.3 is 19.5 Å². The first-order chi connectivity index (χ1) is 16.6. The van der Waals surface area contributed by atoms with E-state index in [0.717, 1.165) is 11.1 Å². The number of ether oxygens (including phenoxy) is 3. The van der Waals surface area contributed by atoms with E-state index in [-0.39, 0.29) is 18.3 Å². The van der Waals surface area contributed by atoms with Crippen LogP contribution < -0.4 is 14.8 Å². The summed E-state index contributed by atoms with van der Waals surface area (Å²) in [7, 11) is 0. The molecule has 0 aliphatic carbocycles. The molecule has 0 radical (unpaired) electrons. The molecule has 3 rings (SSSR count). The highest BCUT2D eigenvalue weighted by atomic mass is 16.5. The lowest BCUT2D eigenvalue weighted by Gasteiger charge is -2.22. The number of hydrogen-bond acceptors (Lipinski definition) is 5. The zero-order valence-corrected chi connectivity index (χ0v) is 19.7. The number of amides is 1. The number of benzene rings is 3. The second kappa shape index (κ2) is 13.0. The van der Waals surface area contributed by atoms with E-state index < -0.39 is 6.10 Å². The van der Waals surface area contributed by atoms with Crippen molar-refractivity contribution in [2.45, 2.75) is 39.4 Å². The number of hydrogen-bond donors (Lipinski definition) is 1. The molecule has 1 unspecified atom stereocenters. The molecule has 0 bridgehead atoms. The molecule has 0 saturated heterocycles. The van der Waals surface area contributed by atoms with Crippen molar-refractivity contribution >= 4 is 11.9 Å². The van der Waals surface area contributed by atoms with Gasteiger partial charge in [-0.3, -0.25) is 9.59 Å². The van der Waals surface area contributed by atoms with E-state index in [4.69, 9.17) is 14.2 Å². The molecule has 1 N–H and O–H groups in total. The third-order valence-corrected chi connectivity index (χ3v) is 5.14. The molecule has 178 valence electrons. The van der Waals surface area contributed by atoms with Crippen molar-refractivity contribution in [3.05, 3.63) is 95.6 Å². The predicted molar refractivity (Wildman–Crippen MR) is 131 cm³/mol. The summed E-state index contributed by atoms with van der Waals surface area (Å²) in [6.07, 6.45) is 0.170. The summed E-state index contributed by atoms with van der Waals surface area (Å²) < 4.78 is 17.4. The molecule has 0 saturated carbocycles. The first-order valence-electron chi connectivity index (χ1n) is 11.6. The SMILES string of the molecule is CCNC(=O)c1ccc(OCc2ccccc2)cc1OC(CCC(=O)OCC)c1ccccc1. The molecule has 0 spiro atoms. The Morgan fingerprint density at radius 2 is 1.62 bits per heavy atom. The third kappa shape index (κ3) is 7.37. The topological polar surface area (TPSA) is 73.9 Å². The van der Waals surface area contributed by atoms with E-state index in [0.29, 0.717) is 43.2 Å². The van der Waals surface area contributed by atoms with Crippen LogP contribution in [0.3, 0.4) is 0 Å². The van der Waals surface area contributed by atoms with Gasteiger partial charge in [0.1, 0.15) is 24.2 Å². The Morgan fingerprint density at radius 3 is 2.29 bits per heavy atom. The highest BCUT2D eigenvalue weighted by Gasteiger charge is 2.20. The number of nitrogens with one attached hydrogen (secondary N) is 1. The molecule has 0 heterocycles. The molecule has 3 aromatic carbocycles. The largest absolute Gasteiger partial charge is 0.489 e. The zero-order chi connectivity index (χ0) is 24.2. The Kier molecular flexibility index (Phi) is 9.52. The van der Waals surface area contributed by atoms with Gasteiger partial charge in [-0.1, -0.05) is 60.7 Å². The van der Waals surface area contributed by atoms with E-state index in [1.54, 1.807) is 25.1 Å². The van der Waals surface area contributed by atoms with Crippen molar-refractivity contribution in [2.24, 2.45) is 0 Å². The smallest absolute Gasteiger partial charge is 0.305 e. The van der Waals surface area contributed by atoms with Crippen LogP contribution in [0.4, 0.5) is 0 Å². The summed E-state index contributed by atoms with van der Waals surface area (Å²) in [4.78, 5) is 24.7. The Labute approximate surface area is 200 Å². The number of esters is 1. The number of rotatable bonds is 12. The van der Waals surface area contributed by atoms with Gasteiger partial charge in [-0.25, -0.2) is 0 Å². The second-order valence-corrected chi connectivity index (χ2v) is 7.65. The van der Waals surface area contributed by atoms with Crippen LogP contribution >= 0.6 is 0 Å². The monoisotopic (exact) mass is 461 g/mol. The third-order valence-electron chi connectivity index (χ3n) is 5.14. The average molecular weight is 462 g/mol. The van der Waals surface area contributed by atoms with E-state index in [2.05, 4.69) is 5.32 Å². The van der Waals surface area contributed by atoms with Crippen molar-refractivity contribution < 1.29 is 23.8 Å². The molecule has 6 heteroatoms. The van der Waals surface area contributed by atoms with Gasteiger partial charge in [0.2, 0.25) is 0 Å².